The third kappa shape index (κ3) is 6.81. The molecule has 0 aliphatic heterocycles. The third-order valence-electron chi connectivity index (χ3n) is 3.23. The topological polar surface area (TPSA) is 71.2 Å². The first-order chi connectivity index (χ1) is 10.7. The molecule has 9 heteroatoms. The Morgan fingerprint density at radius 2 is 2.09 bits per heavy atom. The van der Waals surface area contributed by atoms with E-state index in [-0.39, 0.29) is 24.0 Å². The summed E-state index contributed by atoms with van der Waals surface area (Å²) < 4.78 is 1.99. The number of nitrogens with zero attached hydrogens (tertiary/aromatic N) is 6. The lowest BCUT2D eigenvalue weighted by Gasteiger charge is -2.21. The van der Waals surface area contributed by atoms with Crippen molar-refractivity contribution < 1.29 is 0 Å². The molecule has 0 radical (unpaired) electrons. The standard InChI is InChI=1S/C14H23N7S.HI/c1-12-19-13(9-22-12)8-20(3)14(15-2)16-6-4-5-7-21-10-17-18-11-21;/h9-11H,4-8H2,1-3H3,(H,15,16);1H. The van der Waals surface area contributed by atoms with E-state index in [1.807, 2.05) is 25.6 Å². The van der Waals surface area contributed by atoms with Crippen LogP contribution in [0.25, 0.3) is 0 Å². The number of thiazole rings is 1. The van der Waals surface area contributed by atoms with Crippen molar-refractivity contribution in [2.45, 2.75) is 32.9 Å². The number of unbranched alkanes of at least 4 members (excludes halogenated alkanes) is 1. The van der Waals surface area contributed by atoms with E-state index < -0.39 is 0 Å². The van der Waals surface area contributed by atoms with E-state index in [0.717, 1.165) is 49.1 Å². The van der Waals surface area contributed by atoms with Gasteiger partial charge >= 0.3 is 0 Å². The molecule has 23 heavy (non-hydrogen) atoms. The minimum Gasteiger partial charge on any atom is -0.356 e. The normalized spacial score (nSPS) is 11.2. The van der Waals surface area contributed by atoms with Gasteiger partial charge in [-0.15, -0.1) is 45.5 Å². The minimum absolute atomic E-state index is 0. The highest BCUT2D eigenvalue weighted by Gasteiger charge is 2.08. The van der Waals surface area contributed by atoms with E-state index in [1.165, 1.54) is 0 Å². The lowest BCUT2D eigenvalue weighted by Crippen LogP contribution is -2.39. The van der Waals surface area contributed by atoms with Crippen LogP contribution in [0.3, 0.4) is 0 Å². The molecule has 0 aliphatic carbocycles. The molecule has 0 atom stereocenters. The zero-order valence-electron chi connectivity index (χ0n) is 13.8. The zero-order chi connectivity index (χ0) is 15.8. The van der Waals surface area contributed by atoms with Gasteiger partial charge in [-0.25, -0.2) is 4.98 Å². The van der Waals surface area contributed by atoms with Gasteiger partial charge in [-0.2, -0.15) is 0 Å². The third-order valence-corrected chi connectivity index (χ3v) is 4.05. The molecule has 2 heterocycles. The lowest BCUT2D eigenvalue weighted by atomic mass is 10.3. The van der Waals surface area contributed by atoms with Crippen LogP contribution in [0.1, 0.15) is 23.5 Å². The summed E-state index contributed by atoms with van der Waals surface area (Å²) in [5.41, 5.74) is 1.08. The van der Waals surface area contributed by atoms with Crippen LogP contribution in [0.5, 0.6) is 0 Å². The van der Waals surface area contributed by atoms with Crippen molar-refractivity contribution in [2.24, 2.45) is 4.99 Å². The average Bonchev–Trinajstić information content (AvgIpc) is 3.14. The maximum atomic E-state index is 4.49. The molecule has 2 rings (SSSR count). The summed E-state index contributed by atoms with van der Waals surface area (Å²) in [5.74, 6) is 0.898. The van der Waals surface area contributed by atoms with Gasteiger partial charge in [0.15, 0.2) is 5.96 Å². The fourth-order valence-electron chi connectivity index (χ4n) is 2.14. The number of guanidine groups is 1. The fourth-order valence-corrected chi connectivity index (χ4v) is 2.74. The maximum Gasteiger partial charge on any atom is 0.193 e. The largest absolute Gasteiger partial charge is 0.356 e. The van der Waals surface area contributed by atoms with Gasteiger partial charge in [0.05, 0.1) is 17.2 Å². The molecule has 0 saturated carbocycles. The first kappa shape index (κ1) is 19.8. The van der Waals surface area contributed by atoms with Gasteiger partial charge in [0, 0.05) is 32.6 Å². The molecule has 0 aromatic carbocycles. The van der Waals surface area contributed by atoms with Crippen molar-refractivity contribution in [3.63, 3.8) is 0 Å². The Labute approximate surface area is 158 Å². The first-order valence-electron chi connectivity index (χ1n) is 7.34. The molecule has 1 N–H and O–H groups in total. The molecule has 2 aromatic heterocycles. The molecule has 0 amide bonds. The lowest BCUT2D eigenvalue weighted by molar-refractivity contribution is 0.467. The Hall–Kier alpha value is -1.23. The van der Waals surface area contributed by atoms with Crippen LogP contribution >= 0.6 is 35.3 Å². The molecule has 0 bridgehead atoms. The van der Waals surface area contributed by atoms with Crippen LogP contribution in [0, 0.1) is 6.92 Å². The van der Waals surface area contributed by atoms with E-state index in [0.29, 0.717) is 0 Å². The second-order valence-corrected chi connectivity index (χ2v) is 6.16. The van der Waals surface area contributed by atoms with E-state index in [1.54, 1.807) is 24.0 Å². The van der Waals surface area contributed by atoms with Crippen molar-refractivity contribution in [1.82, 2.24) is 30.0 Å². The Bertz CT molecular complexity index is 582. The maximum absolute atomic E-state index is 4.49. The predicted octanol–water partition coefficient (Wildman–Crippen LogP) is 2.15. The van der Waals surface area contributed by atoms with Crippen LogP contribution < -0.4 is 5.32 Å². The quantitative estimate of drug-likeness (QED) is 0.304. The molecule has 2 aromatic rings. The van der Waals surface area contributed by atoms with E-state index in [9.17, 15) is 0 Å². The monoisotopic (exact) mass is 449 g/mol. The van der Waals surface area contributed by atoms with Crippen LogP contribution in [-0.4, -0.2) is 51.2 Å². The molecule has 0 aliphatic rings. The molecule has 0 saturated heterocycles. The van der Waals surface area contributed by atoms with Gasteiger partial charge in [0.25, 0.3) is 0 Å². The Morgan fingerprint density at radius 3 is 2.70 bits per heavy atom. The van der Waals surface area contributed by atoms with E-state index in [2.05, 4.69) is 35.8 Å². The number of aliphatic imine (C=N–C) groups is 1. The number of halogens is 1. The van der Waals surface area contributed by atoms with Crippen LogP contribution in [0.4, 0.5) is 0 Å². The van der Waals surface area contributed by atoms with Gasteiger partial charge < -0.3 is 14.8 Å². The summed E-state index contributed by atoms with van der Waals surface area (Å²) in [5, 5.41) is 14.2. The Kier molecular flexibility index (Phi) is 9.07. The average molecular weight is 449 g/mol. The number of rotatable bonds is 7. The Morgan fingerprint density at radius 1 is 1.35 bits per heavy atom. The summed E-state index contributed by atoms with van der Waals surface area (Å²) >= 11 is 1.68. The van der Waals surface area contributed by atoms with Crippen molar-refractivity contribution in [2.75, 3.05) is 20.6 Å². The highest BCUT2D eigenvalue weighted by molar-refractivity contribution is 14.0. The number of hydrogen-bond donors (Lipinski definition) is 1. The minimum atomic E-state index is 0. The zero-order valence-corrected chi connectivity index (χ0v) is 16.9. The first-order valence-corrected chi connectivity index (χ1v) is 8.22. The Balaban J connectivity index is 0.00000264. The predicted molar refractivity (Wildman–Crippen MR) is 104 cm³/mol. The second kappa shape index (κ2) is 10.5. The van der Waals surface area contributed by atoms with Crippen LogP contribution in [0.15, 0.2) is 23.0 Å². The summed E-state index contributed by atoms with van der Waals surface area (Å²) in [7, 11) is 3.84. The van der Waals surface area contributed by atoms with Gasteiger partial charge in [-0.3, -0.25) is 4.99 Å². The van der Waals surface area contributed by atoms with Crippen molar-refractivity contribution in [3.8, 4) is 0 Å². The summed E-state index contributed by atoms with van der Waals surface area (Å²) in [6, 6.07) is 0. The molecular weight excluding hydrogens is 425 g/mol. The second-order valence-electron chi connectivity index (χ2n) is 5.09. The number of nitrogens with one attached hydrogen (secondary N) is 1. The SMILES string of the molecule is CN=C(NCCCCn1cnnc1)N(C)Cc1csc(C)n1.I. The van der Waals surface area contributed by atoms with Gasteiger partial charge in [-0.05, 0) is 19.8 Å². The smallest absolute Gasteiger partial charge is 0.193 e. The van der Waals surface area contributed by atoms with E-state index in [4.69, 9.17) is 0 Å². The van der Waals surface area contributed by atoms with Crippen LogP contribution in [0.2, 0.25) is 0 Å². The van der Waals surface area contributed by atoms with E-state index >= 15 is 0 Å². The summed E-state index contributed by atoms with van der Waals surface area (Å²) in [6.45, 7) is 4.64. The van der Waals surface area contributed by atoms with Crippen molar-refractivity contribution in [3.05, 3.63) is 28.7 Å². The molecular formula is C14H24IN7S. The number of hydrogen-bond acceptors (Lipinski definition) is 5. The van der Waals surface area contributed by atoms with Crippen LogP contribution in [-0.2, 0) is 13.1 Å². The van der Waals surface area contributed by atoms with Gasteiger partial charge in [-0.1, -0.05) is 0 Å². The van der Waals surface area contributed by atoms with Crippen molar-refractivity contribution >= 4 is 41.3 Å². The van der Waals surface area contributed by atoms with Gasteiger partial charge in [0.2, 0.25) is 0 Å². The highest BCUT2D eigenvalue weighted by atomic mass is 127. The summed E-state index contributed by atoms with van der Waals surface area (Å²) in [4.78, 5) is 10.9. The number of aromatic nitrogens is 4. The molecule has 0 fully saturated rings. The summed E-state index contributed by atoms with van der Waals surface area (Å²) in [6.07, 6.45) is 5.64. The molecule has 0 unspecified atom stereocenters. The molecule has 0 spiro atoms. The van der Waals surface area contributed by atoms with Gasteiger partial charge in [0.1, 0.15) is 12.7 Å². The molecule has 128 valence electrons. The van der Waals surface area contributed by atoms with Crippen molar-refractivity contribution in [1.29, 1.82) is 0 Å². The molecule has 7 nitrogen and oxygen atoms in total. The number of aryl methyl sites for hydroxylation is 2. The highest BCUT2D eigenvalue weighted by Crippen LogP contribution is 2.09. The fraction of sp³-hybridized carbons (Fsp3) is 0.571.